The highest BCUT2D eigenvalue weighted by Gasteiger charge is 2.29. The molecule has 1 unspecified atom stereocenters. The molecule has 0 saturated carbocycles. The van der Waals surface area contributed by atoms with Crippen LogP contribution in [-0.2, 0) is 21.4 Å². The number of aryl methyl sites for hydroxylation is 1. The summed E-state index contributed by atoms with van der Waals surface area (Å²) in [5.74, 6) is -1.34. The summed E-state index contributed by atoms with van der Waals surface area (Å²) in [4.78, 5) is 23.0. The van der Waals surface area contributed by atoms with Crippen molar-refractivity contribution in [2.75, 3.05) is 13.1 Å². The average Bonchev–Trinajstić information content (AvgIpc) is 2.80. The van der Waals surface area contributed by atoms with Crippen LogP contribution in [0.15, 0.2) is 66.7 Å². The third-order valence-electron chi connectivity index (χ3n) is 6.03. The van der Waals surface area contributed by atoms with Gasteiger partial charge in [-0.05, 0) is 67.6 Å². The van der Waals surface area contributed by atoms with Gasteiger partial charge in [-0.15, -0.1) is 12.4 Å². The first-order valence-corrected chi connectivity index (χ1v) is 11.1. The van der Waals surface area contributed by atoms with Crippen molar-refractivity contribution < 1.29 is 14.7 Å². The van der Waals surface area contributed by atoms with Gasteiger partial charge in [0.25, 0.3) is 0 Å². The maximum Gasteiger partial charge on any atom is 0.322 e. The molecular formula is C27H33ClN2O3. The molecule has 0 aliphatic heterocycles. The number of carbonyl (C=O) groups is 2. The van der Waals surface area contributed by atoms with Crippen LogP contribution in [0.3, 0.4) is 0 Å². The Kier molecular flexibility index (Phi) is 9.44. The molecule has 0 spiro atoms. The molecular weight excluding hydrogens is 436 g/mol. The smallest absolute Gasteiger partial charge is 0.322 e. The van der Waals surface area contributed by atoms with Crippen LogP contribution in [0.5, 0.6) is 0 Å². The van der Waals surface area contributed by atoms with Crippen molar-refractivity contribution in [1.29, 1.82) is 0 Å². The molecule has 3 aromatic rings. The van der Waals surface area contributed by atoms with Crippen molar-refractivity contribution in [1.82, 2.24) is 10.6 Å². The number of hydrogen-bond acceptors (Lipinski definition) is 3. The molecule has 3 aromatic carbocycles. The van der Waals surface area contributed by atoms with E-state index in [4.69, 9.17) is 5.11 Å². The summed E-state index contributed by atoms with van der Waals surface area (Å²) < 4.78 is 0. The van der Waals surface area contributed by atoms with Crippen molar-refractivity contribution in [2.24, 2.45) is 0 Å². The van der Waals surface area contributed by atoms with Crippen LogP contribution in [0.2, 0.25) is 0 Å². The minimum atomic E-state index is -1.05. The number of aliphatic carboxylic acids is 1. The molecule has 0 radical (unpaired) electrons. The minimum Gasteiger partial charge on any atom is -0.480 e. The number of carboxylic acids is 1. The van der Waals surface area contributed by atoms with Gasteiger partial charge in [-0.3, -0.25) is 9.59 Å². The molecule has 0 heterocycles. The zero-order valence-electron chi connectivity index (χ0n) is 19.4. The lowest BCUT2D eigenvalue weighted by Gasteiger charge is -2.24. The molecule has 176 valence electrons. The van der Waals surface area contributed by atoms with Crippen molar-refractivity contribution >= 4 is 35.1 Å². The van der Waals surface area contributed by atoms with E-state index >= 15 is 0 Å². The van der Waals surface area contributed by atoms with Crippen LogP contribution in [0.25, 0.3) is 10.8 Å². The zero-order valence-corrected chi connectivity index (χ0v) is 20.2. The largest absolute Gasteiger partial charge is 0.480 e. The second kappa shape index (κ2) is 11.8. The summed E-state index contributed by atoms with van der Waals surface area (Å²) in [6.07, 6.45) is 1.96. The van der Waals surface area contributed by atoms with E-state index in [1.807, 2.05) is 12.1 Å². The molecule has 6 heteroatoms. The topological polar surface area (TPSA) is 78.4 Å². The van der Waals surface area contributed by atoms with Gasteiger partial charge in [0.2, 0.25) is 5.91 Å². The molecule has 1 amide bonds. The number of hydrogen-bond donors (Lipinski definition) is 3. The SMILES string of the molecule is CC(NCCCc1ccc(C(C)(C)C(=O)NCC(=O)O)cc1)c1cccc2ccccc12.Cl. The Labute approximate surface area is 202 Å². The molecule has 33 heavy (non-hydrogen) atoms. The molecule has 0 saturated heterocycles. The molecule has 0 aromatic heterocycles. The molecule has 0 fully saturated rings. The quantitative estimate of drug-likeness (QED) is 0.365. The number of halogens is 1. The first-order chi connectivity index (χ1) is 15.3. The number of fused-ring (bicyclic) bond motifs is 1. The van der Waals surface area contributed by atoms with E-state index in [-0.39, 0.29) is 30.9 Å². The van der Waals surface area contributed by atoms with Gasteiger partial charge >= 0.3 is 5.97 Å². The predicted octanol–water partition coefficient (Wildman–Crippen LogP) is 5.02. The second-order valence-corrected chi connectivity index (χ2v) is 8.75. The lowest BCUT2D eigenvalue weighted by Crippen LogP contribution is -2.42. The Balaban J connectivity index is 0.00000385. The summed E-state index contributed by atoms with van der Waals surface area (Å²) in [5, 5.41) is 17.4. The van der Waals surface area contributed by atoms with Crippen LogP contribution in [0.1, 0.15) is 49.9 Å². The zero-order chi connectivity index (χ0) is 23.1. The van der Waals surface area contributed by atoms with E-state index in [1.54, 1.807) is 13.8 Å². The van der Waals surface area contributed by atoms with Crippen molar-refractivity contribution in [3.63, 3.8) is 0 Å². The number of rotatable bonds is 10. The van der Waals surface area contributed by atoms with Gasteiger partial charge < -0.3 is 15.7 Å². The maximum atomic E-state index is 12.3. The fraction of sp³-hybridized carbons (Fsp3) is 0.333. The fourth-order valence-corrected chi connectivity index (χ4v) is 3.95. The first kappa shape index (κ1) is 26.4. The van der Waals surface area contributed by atoms with Crippen LogP contribution < -0.4 is 10.6 Å². The predicted molar refractivity (Wildman–Crippen MR) is 136 cm³/mol. The van der Waals surface area contributed by atoms with Crippen LogP contribution in [0, 0.1) is 0 Å². The third kappa shape index (κ3) is 6.80. The second-order valence-electron chi connectivity index (χ2n) is 8.75. The number of benzene rings is 3. The van der Waals surface area contributed by atoms with Gasteiger partial charge in [-0.2, -0.15) is 0 Å². The van der Waals surface area contributed by atoms with E-state index in [9.17, 15) is 9.59 Å². The van der Waals surface area contributed by atoms with Gasteiger partial charge in [0.1, 0.15) is 6.54 Å². The Morgan fingerprint density at radius 1 is 0.970 bits per heavy atom. The van der Waals surface area contributed by atoms with Gasteiger partial charge in [-0.25, -0.2) is 0 Å². The Morgan fingerprint density at radius 3 is 2.33 bits per heavy atom. The number of carboxylic acid groups (broad SMARTS) is 1. The Morgan fingerprint density at radius 2 is 1.64 bits per heavy atom. The molecule has 0 bridgehead atoms. The lowest BCUT2D eigenvalue weighted by molar-refractivity contribution is -0.138. The van der Waals surface area contributed by atoms with E-state index in [0.29, 0.717) is 0 Å². The maximum absolute atomic E-state index is 12.3. The summed E-state index contributed by atoms with van der Waals surface area (Å²) in [7, 11) is 0. The normalized spacial score (nSPS) is 12.1. The Bertz CT molecular complexity index is 1070. The van der Waals surface area contributed by atoms with Crippen LogP contribution in [-0.4, -0.2) is 30.1 Å². The van der Waals surface area contributed by atoms with Gasteiger partial charge in [0.05, 0.1) is 5.41 Å². The highest BCUT2D eigenvalue weighted by Crippen LogP contribution is 2.25. The van der Waals surface area contributed by atoms with Crippen molar-refractivity contribution in [3.8, 4) is 0 Å². The summed E-state index contributed by atoms with van der Waals surface area (Å²) >= 11 is 0. The molecule has 3 rings (SSSR count). The van der Waals surface area contributed by atoms with E-state index in [2.05, 4.69) is 72.2 Å². The lowest BCUT2D eigenvalue weighted by atomic mass is 9.83. The third-order valence-corrected chi connectivity index (χ3v) is 6.03. The minimum absolute atomic E-state index is 0. The first-order valence-electron chi connectivity index (χ1n) is 11.1. The number of carbonyl (C=O) groups excluding carboxylic acids is 1. The van der Waals surface area contributed by atoms with E-state index in [0.717, 1.165) is 24.9 Å². The molecule has 0 aliphatic carbocycles. The van der Waals surface area contributed by atoms with E-state index < -0.39 is 11.4 Å². The van der Waals surface area contributed by atoms with Gasteiger partial charge in [0, 0.05) is 6.04 Å². The highest BCUT2D eigenvalue weighted by molar-refractivity contribution is 5.89. The average molecular weight is 469 g/mol. The Hall–Kier alpha value is -2.89. The summed E-state index contributed by atoms with van der Waals surface area (Å²) in [6, 6.07) is 23.2. The standard InChI is InChI=1S/C27H32N2O3.ClH/c1-19(23-12-6-10-21-9-4-5-11-24(21)23)28-17-7-8-20-13-15-22(16-14-20)27(2,3)26(32)29-18-25(30)31;/h4-6,9-16,19,28H,7-8,17-18H2,1-3H3,(H,29,32)(H,30,31);1H. The molecule has 1 atom stereocenters. The molecule has 3 N–H and O–H groups in total. The van der Waals surface area contributed by atoms with Crippen LogP contribution >= 0.6 is 12.4 Å². The summed E-state index contributed by atoms with van der Waals surface area (Å²) in [5.41, 5.74) is 2.61. The van der Waals surface area contributed by atoms with Crippen molar-refractivity contribution in [3.05, 3.63) is 83.4 Å². The van der Waals surface area contributed by atoms with E-state index in [1.165, 1.54) is 21.9 Å². The highest BCUT2D eigenvalue weighted by atomic mass is 35.5. The van der Waals surface area contributed by atoms with Crippen LogP contribution in [0.4, 0.5) is 0 Å². The fourth-order valence-electron chi connectivity index (χ4n) is 3.95. The van der Waals surface area contributed by atoms with Crippen molar-refractivity contribution in [2.45, 2.75) is 45.1 Å². The number of nitrogens with one attached hydrogen (secondary N) is 2. The summed E-state index contributed by atoms with van der Waals surface area (Å²) in [6.45, 7) is 6.35. The molecule has 0 aliphatic rings. The molecule has 5 nitrogen and oxygen atoms in total. The monoisotopic (exact) mass is 468 g/mol. The number of amides is 1. The van der Waals surface area contributed by atoms with Gasteiger partial charge in [0.15, 0.2) is 0 Å². The van der Waals surface area contributed by atoms with Gasteiger partial charge in [-0.1, -0.05) is 66.7 Å².